The molecule has 6 heteroatoms. The van der Waals surface area contributed by atoms with Gasteiger partial charge in [0.25, 0.3) is 0 Å². The van der Waals surface area contributed by atoms with Crippen LogP contribution in [-0.4, -0.2) is 17.1 Å². The Labute approximate surface area is 112 Å². The van der Waals surface area contributed by atoms with E-state index in [2.05, 4.69) is 27.5 Å². The van der Waals surface area contributed by atoms with Crippen molar-refractivity contribution in [3.8, 4) is 5.88 Å². The Morgan fingerprint density at radius 2 is 2.11 bits per heavy atom. The maximum absolute atomic E-state index is 6.25. The van der Waals surface area contributed by atoms with Gasteiger partial charge < -0.3 is 10.5 Å². The van der Waals surface area contributed by atoms with Crippen molar-refractivity contribution in [2.45, 2.75) is 6.04 Å². The monoisotopic (exact) mass is 277 g/mol. The molecule has 4 nitrogen and oxygen atoms in total. The molecule has 0 bridgehead atoms. The molecule has 3 aromatic rings. The normalized spacial score (nSPS) is 12.8. The van der Waals surface area contributed by atoms with Gasteiger partial charge in [-0.15, -0.1) is 22.7 Å². The fraction of sp³-hybridized carbons (Fsp3) is 0.167. The van der Waals surface area contributed by atoms with Gasteiger partial charge in [0.1, 0.15) is 5.69 Å². The molecule has 0 amide bonds. The first-order chi connectivity index (χ1) is 8.79. The predicted octanol–water partition coefficient (Wildman–Crippen LogP) is 2.81. The number of rotatable bonds is 3. The zero-order chi connectivity index (χ0) is 12.5. The first-order valence-corrected chi connectivity index (χ1v) is 7.06. The van der Waals surface area contributed by atoms with Gasteiger partial charge in [0.2, 0.25) is 5.88 Å². The minimum Gasteiger partial charge on any atom is -0.480 e. The van der Waals surface area contributed by atoms with E-state index in [0.29, 0.717) is 11.6 Å². The van der Waals surface area contributed by atoms with Crippen molar-refractivity contribution in [3.63, 3.8) is 0 Å². The molecule has 0 aliphatic carbocycles. The van der Waals surface area contributed by atoms with Crippen molar-refractivity contribution in [1.29, 1.82) is 0 Å². The molecule has 0 aliphatic heterocycles. The van der Waals surface area contributed by atoms with E-state index in [1.807, 2.05) is 0 Å². The fourth-order valence-corrected chi connectivity index (χ4v) is 3.90. The van der Waals surface area contributed by atoms with Crippen LogP contribution in [0.4, 0.5) is 0 Å². The molecule has 0 spiro atoms. The molecule has 92 valence electrons. The Morgan fingerprint density at radius 3 is 2.89 bits per heavy atom. The third-order valence-corrected chi connectivity index (χ3v) is 4.82. The first-order valence-electron chi connectivity index (χ1n) is 5.37. The number of fused-ring (bicyclic) bond motifs is 1. The smallest absolute Gasteiger partial charge is 0.237 e. The molecule has 2 N–H and O–H groups in total. The second-order valence-electron chi connectivity index (χ2n) is 3.73. The number of thiophene rings is 2. The van der Waals surface area contributed by atoms with Crippen LogP contribution >= 0.6 is 22.7 Å². The summed E-state index contributed by atoms with van der Waals surface area (Å²) in [5, 5.41) is 2.08. The van der Waals surface area contributed by atoms with Crippen molar-refractivity contribution in [2.75, 3.05) is 7.11 Å². The number of ether oxygens (including phenoxy) is 1. The molecular weight excluding hydrogens is 266 g/mol. The topological polar surface area (TPSA) is 61.0 Å². The lowest BCUT2D eigenvalue weighted by atomic mass is 10.2. The second-order valence-corrected chi connectivity index (χ2v) is 5.79. The van der Waals surface area contributed by atoms with E-state index >= 15 is 0 Å². The molecule has 3 aromatic heterocycles. The SMILES string of the molecule is COc1nccnc1C(N)c1cc2sccc2s1. The van der Waals surface area contributed by atoms with Crippen molar-refractivity contribution in [2.24, 2.45) is 5.73 Å². The van der Waals surface area contributed by atoms with Gasteiger partial charge in [-0.2, -0.15) is 0 Å². The van der Waals surface area contributed by atoms with Crippen LogP contribution < -0.4 is 10.5 Å². The van der Waals surface area contributed by atoms with Crippen molar-refractivity contribution in [1.82, 2.24) is 9.97 Å². The molecule has 18 heavy (non-hydrogen) atoms. The van der Waals surface area contributed by atoms with E-state index in [4.69, 9.17) is 10.5 Å². The lowest BCUT2D eigenvalue weighted by molar-refractivity contribution is 0.387. The Balaban J connectivity index is 2.03. The molecule has 0 aromatic carbocycles. The summed E-state index contributed by atoms with van der Waals surface area (Å²) in [6.07, 6.45) is 3.23. The Hall–Kier alpha value is -1.50. The minimum atomic E-state index is -0.293. The largest absolute Gasteiger partial charge is 0.480 e. The van der Waals surface area contributed by atoms with Gasteiger partial charge in [-0.1, -0.05) is 0 Å². The number of nitrogens with zero attached hydrogens (tertiary/aromatic N) is 2. The van der Waals surface area contributed by atoms with E-state index in [0.717, 1.165) is 4.88 Å². The van der Waals surface area contributed by atoms with Crippen LogP contribution in [0.3, 0.4) is 0 Å². The molecule has 3 heterocycles. The number of nitrogens with two attached hydrogens (primary N) is 1. The lowest BCUT2D eigenvalue weighted by Gasteiger charge is -2.11. The fourth-order valence-electron chi connectivity index (χ4n) is 1.78. The summed E-state index contributed by atoms with van der Waals surface area (Å²) >= 11 is 3.41. The average Bonchev–Trinajstić information content (AvgIpc) is 2.98. The molecule has 0 saturated heterocycles. The van der Waals surface area contributed by atoms with E-state index in [9.17, 15) is 0 Å². The van der Waals surface area contributed by atoms with Crippen molar-refractivity contribution >= 4 is 32.1 Å². The Kier molecular flexibility index (Phi) is 2.99. The maximum Gasteiger partial charge on any atom is 0.237 e. The predicted molar refractivity (Wildman–Crippen MR) is 74.3 cm³/mol. The third-order valence-electron chi connectivity index (χ3n) is 2.64. The van der Waals surface area contributed by atoms with E-state index in [1.54, 1.807) is 42.2 Å². The minimum absolute atomic E-state index is 0.293. The molecule has 0 radical (unpaired) electrons. The quantitative estimate of drug-likeness (QED) is 0.799. The summed E-state index contributed by atoms with van der Waals surface area (Å²) in [7, 11) is 1.58. The number of hydrogen-bond donors (Lipinski definition) is 1. The van der Waals surface area contributed by atoms with Gasteiger partial charge >= 0.3 is 0 Å². The molecule has 1 atom stereocenters. The Morgan fingerprint density at radius 1 is 1.28 bits per heavy atom. The third kappa shape index (κ3) is 1.88. The zero-order valence-corrected chi connectivity index (χ0v) is 11.3. The van der Waals surface area contributed by atoms with E-state index in [-0.39, 0.29) is 6.04 Å². The van der Waals surface area contributed by atoms with Gasteiger partial charge in [0, 0.05) is 26.7 Å². The summed E-state index contributed by atoms with van der Waals surface area (Å²) < 4.78 is 7.71. The van der Waals surface area contributed by atoms with Crippen LogP contribution in [0.25, 0.3) is 9.40 Å². The van der Waals surface area contributed by atoms with Crippen LogP contribution in [0.1, 0.15) is 16.6 Å². The first kappa shape index (κ1) is 11.6. The highest BCUT2D eigenvalue weighted by molar-refractivity contribution is 7.26. The number of aromatic nitrogens is 2. The highest BCUT2D eigenvalue weighted by atomic mass is 32.1. The highest BCUT2D eigenvalue weighted by Crippen LogP contribution is 2.35. The van der Waals surface area contributed by atoms with Gasteiger partial charge in [-0.05, 0) is 17.5 Å². The van der Waals surface area contributed by atoms with Crippen LogP contribution in [-0.2, 0) is 0 Å². The van der Waals surface area contributed by atoms with Crippen LogP contribution in [0.5, 0.6) is 5.88 Å². The number of hydrogen-bond acceptors (Lipinski definition) is 6. The standard InChI is InChI=1S/C12H11N3OS2/c1-16-12-11(14-3-4-15-12)10(13)9-6-8-7(18-9)2-5-17-8/h2-6,10H,13H2,1H3. The van der Waals surface area contributed by atoms with E-state index < -0.39 is 0 Å². The molecular formula is C12H11N3OS2. The highest BCUT2D eigenvalue weighted by Gasteiger charge is 2.18. The van der Waals surface area contributed by atoms with Crippen LogP contribution in [0.15, 0.2) is 29.9 Å². The Bertz CT molecular complexity index is 648. The molecule has 1 unspecified atom stereocenters. The molecule has 0 aliphatic rings. The summed E-state index contributed by atoms with van der Waals surface area (Å²) in [5.74, 6) is 0.488. The summed E-state index contributed by atoms with van der Waals surface area (Å²) in [5.41, 5.74) is 6.92. The van der Waals surface area contributed by atoms with E-state index in [1.165, 1.54) is 9.40 Å². The number of methoxy groups -OCH3 is 1. The lowest BCUT2D eigenvalue weighted by Crippen LogP contribution is -2.14. The molecule has 0 fully saturated rings. The maximum atomic E-state index is 6.25. The van der Waals surface area contributed by atoms with Crippen LogP contribution in [0, 0.1) is 0 Å². The van der Waals surface area contributed by atoms with Crippen molar-refractivity contribution in [3.05, 3.63) is 40.5 Å². The molecule has 3 rings (SSSR count). The molecule has 0 saturated carbocycles. The van der Waals surface area contributed by atoms with Gasteiger partial charge in [0.15, 0.2) is 0 Å². The summed E-state index contributed by atoms with van der Waals surface area (Å²) in [4.78, 5) is 9.49. The summed E-state index contributed by atoms with van der Waals surface area (Å²) in [6, 6.07) is 3.93. The average molecular weight is 277 g/mol. The summed E-state index contributed by atoms with van der Waals surface area (Å²) in [6.45, 7) is 0. The van der Waals surface area contributed by atoms with Gasteiger partial charge in [-0.3, -0.25) is 4.98 Å². The van der Waals surface area contributed by atoms with Gasteiger partial charge in [0.05, 0.1) is 13.2 Å². The van der Waals surface area contributed by atoms with Crippen molar-refractivity contribution < 1.29 is 4.74 Å². The zero-order valence-electron chi connectivity index (χ0n) is 9.66. The second kappa shape index (κ2) is 4.64. The van der Waals surface area contributed by atoms with Crippen LogP contribution in [0.2, 0.25) is 0 Å². The van der Waals surface area contributed by atoms with Gasteiger partial charge in [-0.25, -0.2) is 4.98 Å².